The van der Waals surface area contributed by atoms with Crippen LogP contribution in [0.15, 0.2) is 36.4 Å². The number of rotatable bonds is 5. The van der Waals surface area contributed by atoms with Crippen molar-refractivity contribution < 1.29 is 22.4 Å². The Morgan fingerprint density at radius 1 is 1.08 bits per heavy atom. The first kappa shape index (κ1) is 27.5. The molecule has 0 spiro atoms. The molecule has 0 radical (unpaired) electrons. The number of aryl methyl sites for hydroxylation is 2. The lowest BCUT2D eigenvalue weighted by Gasteiger charge is -2.40. The minimum absolute atomic E-state index is 0.132. The molecule has 2 unspecified atom stereocenters. The normalized spacial score (nSPS) is 19.9. The number of hydrogen-bond donors (Lipinski definition) is 3. The van der Waals surface area contributed by atoms with Crippen LogP contribution >= 0.6 is 0 Å². The number of nitrogens with one attached hydrogen (secondary N) is 3. The van der Waals surface area contributed by atoms with Gasteiger partial charge in [-0.1, -0.05) is 39.0 Å². The maximum Gasteiger partial charge on any atom is 0.416 e. The lowest BCUT2D eigenvalue weighted by Crippen LogP contribution is -2.45. The Morgan fingerprint density at radius 3 is 2.51 bits per heavy atom. The van der Waals surface area contributed by atoms with Crippen molar-refractivity contribution in [2.45, 2.75) is 89.3 Å². The van der Waals surface area contributed by atoms with Crippen LogP contribution in [0.3, 0.4) is 0 Å². The molecule has 0 saturated heterocycles. The van der Waals surface area contributed by atoms with Gasteiger partial charge < -0.3 is 20.4 Å². The van der Waals surface area contributed by atoms with Gasteiger partial charge in [0.15, 0.2) is 8.32 Å². The molecule has 0 aromatic heterocycles. The van der Waals surface area contributed by atoms with E-state index >= 15 is 0 Å². The van der Waals surface area contributed by atoms with Crippen LogP contribution in [-0.2, 0) is 29.9 Å². The van der Waals surface area contributed by atoms with Gasteiger partial charge in [-0.05, 0) is 85.1 Å². The highest BCUT2D eigenvalue weighted by molar-refractivity contribution is 6.74. The molecular formula is C28H38F3N3O2Si. The molecule has 0 fully saturated rings. The molecule has 1 aliphatic carbocycles. The van der Waals surface area contributed by atoms with Gasteiger partial charge in [-0.2, -0.15) is 13.2 Å². The Bertz CT molecular complexity index is 1140. The van der Waals surface area contributed by atoms with Gasteiger partial charge in [-0.3, -0.25) is 0 Å². The SMILES string of the molecule is CC(C)(C)[Si](C)(C)OC1CCc2cccc(NC(=O)NCC3CCc4ccc(C(F)(F)F)cc4N3)c2C1. The van der Waals surface area contributed by atoms with Crippen molar-refractivity contribution in [3.63, 3.8) is 0 Å². The van der Waals surface area contributed by atoms with E-state index in [0.29, 0.717) is 18.7 Å². The molecule has 2 aromatic carbocycles. The van der Waals surface area contributed by atoms with Crippen LogP contribution in [0.1, 0.15) is 55.9 Å². The number of amides is 2. The topological polar surface area (TPSA) is 62.4 Å². The third-order valence-corrected chi connectivity index (χ3v) is 12.6. The van der Waals surface area contributed by atoms with Crippen LogP contribution in [-0.4, -0.2) is 33.0 Å². The smallest absolute Gasteiger partial charge is 0.414 e. The second-order valence-corrected chi connectivity index (χ2v) is 16.5. The second-order valence-electron chi connectivity index (χ2n) is 11.8. The van der Waals surface area contributed by atoms with Crippen molar-refractivity contribution in [1.29, 1.82) is 0 Å². The third-order valence-electron chi connectivity index (χ3n) is 8.02. The fraction of sp³-hybridized carbons (Fsp3) is 0.536. The number of fused-ring (bicyclic) bond motifs is 2. The van der Waals surface area contributed by atoms with Crippen molar-refractivity contribution in [1.82, 2.24) is 5.32 Å². The fourth-order valence-corrected chi connectivity index (χ4v) is 6.22. The van der Waals surface area contributed by atoms with Crippen LogP contribution < -0.4 is 16.0 Å². The zero-order valence-electron chi connectivity index (χ0n) is 22.3. The Balaban J connectivity index is 1.36. The minimum atomic E-state index is -4.38. The number of halogens is 3. The summed E-state index contributed by atoms with van der Waals surface area (Å²) in [5, 5.41) is 9.19. The number of carbonyl (C=O) groups excluding carboxylic acids is 1. The van der Waals surface area contributed by atoms with Gasteiger partial charge in [0.2, 0.25) is 0 Å². The molecule has 2 amide bonds. The molecule has 1 aliphatic heterocycles. The van der Waals surface area contributed by atoms with E-state index < -0.39 is 20.1 Å². The largest absolute Gasteiger partial charge is 0.416 e. The second kappa shape index (κ2) is 10.3. The molecule has 0 saturated carbocycles. The highest BCUT2D eigenvalue weighted by Gasteiger charge is 2.40. The van der Waals surface area contributed by atoms with E-state index in [0.717, 1.165) is 54.6 Å². The van der Waals surface area contributed by atoms with E-state index in [9.17, 15) is 18.0 Å². The summed E-state index contributed by atoms with van der Waals surface area (Å²) in [5.41, 5.74) is 3.82. The lowest BCUT2D eigenvalue weighted by atomic mass is 9.88. The van der Waals surface area contributed by atoms with E-state index in [1.54, 1.807) is 0 Å². The highest BCUT2D eigenvalue weighted by Crippen LogP contribution is 2.40. The molecule has 9 heteroatoms. The summed E-state index contributed by atoms with van der Waals surface area (Å²) in [6, 6.07) is 9.32. The standard InChI is InChI=1S/C28H38F3N3O2Si/c1-27(2,3)37(4,5)36-22-14-11-18-7-6-8-24(23(18)16-22)34-26(35)32-17-21-13-10-19-9-12-20(28(29,30)31)15-25(19)33-21/h6-9,12,15,21-22,33H,10-11,13-14,16-17H2,1-5H3,(H2,32,34,35). The van der Waals surface area contributed by atoms with Gasteiger partial charge in [0.1, 0.15) is 0 Å². The summed E-state index contributed by atoms with van der Waals surface area (Å²) in [6.07, 6.45) is -0.210. The molecule has 3 N–H and O–H groups in total. The predicted molar refractivity (Wildman–Crippen MR) is 145 cm³/mol. The first-order valence-corrected chi connectivity index (χ1v) is 15.9. The third kappa shape index (κ3) is 6.49. The van der Waals surface area contributed by atoms with Crippen molar-refractivity contribution in [2.24, 2.45) is 0 Å². The summed E-state index contributed by atoms with van der Waals surface area (Å²) in [6.45, 7) is 11.6. The van der Waals surface area contributed by atoms with E-state index in [1.165, 1.54) is 11.6 Å². The number of hydrogen-bond acceptors (Lipinski definition) is 3. The van der Waals surface area contributed by atoms with Crippen molar-refractivity contribution >= 4 is 25.7 Å². The molecule has 2 atom stereocenters. The number of benzene rings is 2. The quantitative estimate of drug-likeness (QED) is 0.358. The van der Waals surface area contributed by atoms with E-state index in [1.807, 2.05) is 12.1 Å². The summed E-state index contributed by atoms with van der Waals surface area (Å²) < 4.78 is 46.0. The minimum Gasteiger partial charge on any atom is -0.414 e. The van der Waals surface area contributed by atoms with Gasteiger partial charge in [0.25, 0.3) is 0 Å². The van der Waals surface area contributed by atoms with Gasteiger partial charge in [-0.25, -0.2) is 4.79 Å². The Kier molecular flexibility index (Phi) is 7.68. The number of carbonyl (C=O) groups is 1. The van der Waals surface area contributed by atoms with Crippen LogP contribution in [0.5, 0.6) is 0 Å². The molecular weight excluding hydrogens is 495 g/mol. The molecule has 5 nitrogen and oxygen atoms in total. The van der Waals surface area contributed by atoms with E-state index in [-0.39, 0.29) is 23.2 Å². The Morgan fingerprint density at radius 2 is 1.81 bits per heavy atom. The predicted octanol–water partition coefficient (Wildman–Crippen LogP) is 7.13. The zero-order chi connectivity index (χ0) is 27.0. The maximum atomic E-state index is 13.1. The lowest BCUT2D eigenvalue weighted by molar-refractivity contribution is -0.137. The van der Waals surface area contributed by atoms with Crippen molar-refractivity contribution in [3.05, 3.63) is 58.7 Å². The van der Waals surface area contributed by atoms with Crippen molar-refractivity contribution in [3.8, 4) is 0 Å². The van der Waals surface area contributed by atoms with Gasteiger partial charge in [0, 0.05) is 30.1 Å². The number of alkyl halides is 3. The van der Waals surface area contributed by atoms with Crippen LogP contribution in [0.4, 0.5) is 29.3 Å². The zero-order valence-corrected chi connectivity index (χ0v) is 23.3. The van der Waals surface area contributed by atoms with Gasteiger partial charge in [0.05, 0.1) is 5.56 Å². The van der Waals surface area contributed by atoms with Gasteiger partial charge in [-0.15, -0.1) is 0 Å². The first-order valence-electron chi connectivity index (χ1n) is 13.0. The maximum absolute atomic E-state index is 13.1. The fourth-order valence-electron chi connectivity index (χ4n) is 4.83. The molecule has 37 heavy (non-hydrogen) atoms. The first-order chi connectivity index (χ1) is 17.2. The average molecular weight is 534 g/mol. The van der Waals surface area contributed by atoms with E-state index in [4.69, 9.17) is 4.43 Å². The number of anilines is 2. The van der Waals surface area contributed by atoms with Crippen molar-refractivity contribution in [2.75, 3.05) is 17.2 Å². The van der Waals surface area contributed by atoms with Crippen LogP contribution in [0.25, 0.3) is 0 Å². The average Bonchev–Trinajstić information content (AvgIpc) is 2.81. The summed E-state index contributed by atoms with van der Waals surface area (Å²) >= 11 is 0. The summed E-state index contributed by atoms with van der Waals surface area (Å²) in [4.78, 5) is 12.8. The highest BCUT2D eigenvalue weighted by atomic mass is 28.4. The van der Waals surface area contributed by atoms with Crippen LogP contribution in [0, 0.1) is 0 Å². The Labute approximate surface area is 218 Å². The molecule has 2 aromatic rings. The molecule has 4 rings (SSSR count). The molecule has 1 heterocycles. The summed E-state index contributed by atoms with van der Waals surface area (Å²) in [5.74, 6) is 0. The molecule has 2 aliphatic rings. The Hall–Kier alpha value is -2.52. The van der Waals surface area contributed by atoms with Gasteiger partial charge >= 0.3 is 12.2 Å². The van der Waals surface area contributed by atoms with Crippen LogP contribution in [0.2, 0.25) is 18.1 Å². The number of urea groups is 1. The van der Waals surface area contributed by atoms with E-state index in [2.05, 4.69) is 55.9 Å². The monoisotopic (exact) mass is 533 g/mol. The molecule has 202 valence electrons. The summed E-state index contributed by atoms with van der Waals surface area (Å²) in [7, 11) is -1.90. The molecule has 0 bridgehead atoms.